The van der Waals surface area contributed by atoms with Crippen molar-refractivity contribution in [2.45, 2.75) is 6.42 Å². The Balaban J connectivity index is 1.47. The molecule has 0 aliphatic heterocycles. The molecule has 0 atom stereocenters. The molecular weight excluding hydrogens is 348 g/mol. The molecular formula is C19H12N4O2S. The Morgan fingerprint density at radius 3 is 2.88 bits per heavy atom. The largest absolute Gasteiger partial charge is 0.463 e. The fraction of sp³-hybridized carbons (Fsp3) is 0.0526. The quantitative estimate of drug-likeness (QED) is 0.594. The van der Waals surface area contributed by atoms with Crippen molar-refractivity contribution in [1.82, 2.24) is 9.97 Å². The van der Waals surface area contributed by atoms with Crippen LogP contribution in [0.15, 0.2) is 59.5 Å². The molecule has 0 fully saturated rings. The van der Waals surface area contributed by atoms with Crippen LogP contribution in [-0.2, 0) is 6.42 Å². The van der Waals surface area contributed by atoms with Gasteiger partial charge in [-0.25, -0.2) is 9.97 Å². The van der Waals surface area contributed by atoms with Crippen molar-refractivity contribution in [3.63, 3.8) is 0 Å². The molecule has 4 rings (SSSR count). The topological polar surface area (TPSA) is 91.8 Å². The van der Waals surface area contributed by atoms with Crippen molar-refractivity contribution in [1.29, 1.82) is 5.26 Å². The van der Waals surface area contributed by atoms with Gasteiger partial charge >= 0.3 is 0 Å². The molecule has 6 nitrogen and oxygen atoms in total. The number of nitriles is 1. The van der Waals surface area contributed by atoms with Gasteiger partial charge in [-0.2, -0.15) is 5.26 Å². The number of hydrogen-bond donors (Lipinski definition) is 1. The minimum Gasteiger partial charge on any atom is -0.463 e. The summed E-state index contributed by atoms with van der Waals surface area (Å²) in [6.07, 6.45) is 5.50. The Labute approximate surface area is 152 Å². The SMILES string of the molecule is N#Cc1ccc(Cc2cnc(NC(=O)c3coc4ccccc34)s2)cn1. The molecule has 1 N–H and O–H groups in total. The van der Waals surface area contributed by atoms with Gasteiger partial charge in [0.05, 0.1) is 5.56 Å². The summed E-state index contributed by atoms with van der Waals surface area (Å²) in [5.41, 5.74) is 2.52. The average Bonchev–Trinajstić information content (AvgIpc) is 3.29. The van der Waals surface area contributed by atoms with E-state index in [4.69, 9.17) is 9.68 Å². The maximum atomic E-state index is 12.5. The number of furan rings is 1. The van der Waals surface area contributed by atoms with Crippen molar-refractivity contribution in [3.8, 4) is 6.07 Å². The van der Waals surface area contributed by atoms with Gasteiger partial charge in [-0.3, -0.25) is 10.1 Å². The molecule has 26 heavy (non-hydrogen) atoms. The standard InChI is InChI=1S/C19H12N4O2S/c20-8-13-6-5-12(9-21-13)7-14-10-22-19(26-14)23-18(24)16-11-25-17-4-2-1-3-15(16)17/h1-6,9-11H,7H2,(H,22,23,24). The summed E-state index contributed by atoms with van der Waals surface area (Å²) >= 11 is 1.40. The molecule has 1 amide bonds. The number of amides is 1. The number of para-hydroxylation sites is 1. The number of aromatic nitrogens is 2. The molecule has 4 aromatic rings. The van der Waals surface area contributed by atoms with Gasteiger partial charge in [-0.1, -0.05) is 24.3 Å². The molecule has 0 saturated heterocycles. The average molecular weight is 360 g/mol. The van der Waals surface area contributed by atoms with Crippen LogP contribution in [0.1, 0.15) is 26.5 Å². The number of nitrogens with one attached hydrogen (secondary N) is 1. The molecule has 0 saturated carbocycles. The minimum atomic E-state index is -0.254. The first-order valence-corrected chi connectivity index (χ1v) is 8.62. The Hall–Kier alpha value is -3.50. The van der Waals surface area contributed by atoms with Crippen LogP contribution in [0.4, 0.5) is 5.13 Å². The number of rotatable bonds is 4. The van der Waals surface area contributed by atoms with E-state index in [9.17, 15) is 4.79 Å². The van der Waals surface area contributed by atoms with Crippen LogP contribution in [0.3, 0.4) is 0 Å². The maximum absolute atomic E-state index is 12.5. The van der Waals surface area contributed by atoms with Gasteiger partial charge in [-0.05, 0) is 17.7 Å². The van der Waals surface area contributed by atoms with Crippen LogP contribution < -0.4 is 5.32 Å². The molecule has 0 radical (unpaired) electrons. The molecule has 0 bridgehead atoms. The fourth-order valence-electron chi connectivity index (χ4n) is 2.56. The summed E-state index contributed by atoms with van der Waals surface area (Å²) in [5, 5.41) is 12.9. The normalized spacial score (nSPS) is 10.6. The summed E-state index contributed by atoms with van der Waals surface area (Å²) in [6, 6.07) is 12.9. The highest BCUT2D eigenvalue weighted by Crippen LogP contribution is 2.24. The molecule has 0 spiro atoms. The molecule has 7 heteroatoms. The first-order valence-electron chi connectivity index (χ1n) is 7.80. The second kappa shape index (κ2) is 6.78. The lowest BCUT2D eigenvalue weighted by Gasteiger charge is -1.99. The van der Waals surface area contributed by atoms with Crippen LogP contribution >= 0.6 is 11.3 Å². The highest BCUT2D eigenvalue weighted by atomic mass is 32.1. The van der Waals surface area contributed by atoms with E-state index in [2.05, 4.69) is 15.3 Å². The Bertz CT molecular complexity index is 1120. The number of carbonyl (C=O) groups is 1. The van der Waals surface area contributed by atoms with Crippen molar-refractivity contribution in [2.75, 3.05) is 5.32 Å². The molecule has 0 aliphatic carbocycles. The Morgan fingerprint density at radius 1 is 1.19 bits per heavy atom. The zero-order valence-electron chi connectivity index (χ0n) is 13.5. The van der Waals surface area contributed by atoms with Gasteiger partial charge in [0, 0.05) is 29.1 Å². The monoisotopic (exact) mass is 360 g/mol. The van der Waals surface area contributed by atoms with Gasteiger partial charge in [0.15, 0.2) is 5.13 Å². The third kappa shape index (κ3) is 3.18. The van der Waals surface area contributed by atoms with Crippen LogP contribution in [0.5, 0.6) is 0 Å². The summed E-state index contributed by atoms with van der Waals surface area (Å²) in [6.45, 7) is 0. The fourth-order valence-corrected chi connectivity index (χ4v) is 3.40. The Kier molecular flexibility index (Phi) is 4.17. The van der Waals surface area contributed by atoms with Gasteiger partial charge < -0.3 is 4.42 Å². The summed E-state index contributed by atoms with van der Waals surface area (Å²) in [7, 11) is 0. The van der Waals surface area contributed by atoms with Crippen molar-refractivity contribution < 1.29 is 9.21 Å². The highest BCUT2D eigenvalue weighted by Gasteiger charge is 2.15. The van der Waals surface area contributed by atoms with Gasteiger partial charge in [0.2, 0.25) is 0 Å². The molecule has 3 heterocycles. The summed E-state index contributed by atoms with van der Waals surface area (Å²) in [5.74, 6) is -0.254. The Morgan fingerprint density at radius 2 is 2.08 bits per heavy atom. The second-order valence-electron chi connectivity index (χ2n) is 5.57. The minimum absolute atomic E-state index is 0.254. The number of benzene rings is 1. The van der Waals surface area contributed by atoms with Gasteiger partial charge in [0.25, 0.3) is 5.91 Å². The third-order valence-corrected chi connectivity index (χ3v) is 4.73. The van der Waals surface area contributed by atoms with E-state index < -0.39 is 0 Å². The van der Waals surface area contributed by atoms with Gasteiger partial charge in [-0.15, -0.1) is 11.3 Å². The van der Waals surface area contributed by atoms with E-state index in [-0.39, 0.29) is 5.91 Å². The van der Waals surface area contributed by atoms with Crippen LogP contribution in [0, 0.1) is 11.3 Å². The maximum Gasteiger partial charge on any atom is 0.261 e. The van der Waals surface area contributed by atoms with E-state index in [0.29, 0.717) is 28.4 Å². The molecule has 0 unspecified atom stereocenters. The zero-order valence-corrected chi connectivity index (χ0v) is 14.3. The van der Waals surface area contributed by atoms with Crippen molar-refractivity contribution >= 4 is 33.3 Å². The van der Waals surface area contributed by atoms with E-state index in [1.54, 1.807) is 18.5 Å². The van der Waals surface area contributed by atoms with E-state index in [1.165, 1.54) is 17.6 Å². The summed E-state index contributed by atoms with van der Waals surface area (Å²) in [4.78, 5) is 21.8. The third-order valence-electron chi connectivity index (χ3n) is 3.82. The van der Waals surface area contributed by atoms with Crippen LogP contribution in [0.2, 0.25) is 0 Å². The number of fused-ring (bicyclic) bond motifs is 1. The number of thiazole rings is 1. The number of pyridine rings is 1. The number of carbonyl (C=O) groups excluding carboxylic acids is 1. The van der Waals surface area contributed by atoms with E-state index in [0.717, 1.165) is 15.8 Å². The van der Waals surface area contributed by atoms with Crippen molar-refractivity contribution in [3.05, 3.63) is 76.8 Å². The predicted octanol–water partition coefficient (Wildman–Crippen LogP) is 4.00. The molecule has 0 aliphatic rings. The predicted molar refractivity (Wildman–Crippen MR) is 98.0 cm³/mol. The lowest BCUT2D eigenvalue weighted by molar-refractivity contribution is 0.102. The molecule has 1 aromatic carbocycles. The van der Waals surface area contributed by atoms with Crippen LogP contribution in [0.25, 0.3) is 11.0 Å². The summed E-state index contributed by atoms with van der Waals surface area (Å²) < 4.78 is 5.40. The molecule has 126 valence electrons. The van der Waals surface area contributed by atoms with Crippen LogP contribution in [-0.4, -0.2) is 15.9 Å². The first-order chi connectivity index (χ1) is 12.7. The lowest BCUT2D eigenvalue weighted by Crippen LogP contribution is -2.10. The highest BCUT2D eigenvalue weighted by molar-refractivity contribution is 7.15. The van der Waals surface area contributed by atoms with Crippen molar-refractivity contribution in [2.24, 2.45) is 0 Å². The molecule has 3 aromatic heterocycles. The number of nitrogens with zero attached hydrogens (tertiary/aromatic N) is 3. The van der Waals surface area contributed by atoms with Gasteiger partial charge in [0.1, 0.15) is 23.6 Å². The number of anilines is 1. The van der Waals surface area contributed by atoms with E-state index >= 15 is 0 Å². The second-order valence-corrected chi connectivity index (χ2v) is 6.69. The lowest BCUT2D eigenvalue weighted by atomic mass is 10.2. The number of hydrogen-bond acceptors (Lipinski definition) is 6. The first kappa shape index (κ1) is 16.0. The smallest absolute Gasteiger partial charge is 0.261 e. The van der Waals surface area contributed by atoms with E-state index in [1.807, 2.05) is 36.4 Å². The zero-order chi connectivity index (χ0) is 17.9.